The quantitative estimate of drug-likeness (QED) is 0.654. The van der Waals surface area contributed by atoms with E-state index in [4.69, 9.17) is 22.4 Å². The minimum atomic E-state index is -1.16. The first-order valence-electron chi connectivity index (χ1n) is 3.27. The molecule has 5 heteroatoms. The molecule has 0 bridgehead atoms. The summed E-state index contributed by atoms with van der Waals surface area (Å²) in [4.78, 5) is 10.5. The molecule has 0 aromatic heterocycles. The Balaban J connectivity index is 3.01. The van der Waals surface area contributed by atoms with E-state index >= 15 is 0 Å². The van der Waals surface area contributed by atoms with Crippen molar-refractivity contribution >= 4 is 17.6 Å². The highest BCUT2D eigenvalue weighted by Crippen LogP contribution is 2.26. The van der Waals surface area contributed by atoms with Gasteiger partial charge in [-0.25, -0.2) is 9.18 Å². The van der Waals surface area contributed by atoms with Crippen molar-refractivity contribution in [2.75, 3.05) is 0 Å². The van der Waals surface area contributed by atoms with E-state index in [1.165, 1.54) is 0 Å². The van der Waals surface area contributed by atoms with Gasteiger partial charge in [0.25, 0.3) is 0 Å². The molecule has 0 radical (unpaired) electrons. The molecule has 3 nitrogen and oxygen atoms in total. The van der Waals surface area contributed by atoms with Gasteiger partial charge in [0.05, 0.1) is 10.6 Å². The molecule has 0 saturated carbocycles. The van der Waals surface area contributed by atoms with E-state index in [1.807, 2.05) is 0 Å². The molecule has 0 aromatic carbocycles. The monoisotopic (exact) mass is 191 g/mol. The zero-order chi connectivity index (χ0) is 9.30. The Bertz CT molecular complexity index is 285. The van der Waals surface area contributed by atoms with Crippen molar-refractivity contribution in [3.63, 3.8) is 0 Å². The number of hydrogen-bond donors (Lipinski definition) is 2. The molecule has 0 spiro atoms. The van der Waals surface area contributed by atoms with Crippen LogP contribution >= 0.6 is 11.6 Å². The van der Waals surface area contributed by atoms with Crippen LogP contribution in [0.2, 0.25) is 0 Å². The number of rotatable bonds is 1. The predicted octanol–water partition coefficient (Wildman–Crippen LogP) is 1.15. The molecule has 0 aliphatic heterocycles. The van der Waals surface area contributed by atoms with E-state index in [0.717, 1.165) is 6.08 Å². The molecule has 66 valence electrons. The Hall–Kier alpha value is -0.870. The van der Waals surface area contributed by atoms with Crippen LogP contribution in [0.25, 0.3) is 0 Å². The van der Waals surface area contributed by atoms with Crippen molar-refractivity contribution in [2.45, 2.75) is 12.5 Å². The van der Waals surface area contributed by atoms with Crippen molar-refractivity contribution in [1.82, 2.24) is 0 Å². The number of carboxylic acid groups (broad SMARTS) is 1. The lowest BCUT2D eigenvalue weighted by Gasteiger charge is -2.15. The summed E-state index contributed by atoms with van der Waals surface area (Å²) >= 11 is 5.38. The van der Waals surface area contributed by atoms with Crippen LogP contribution < -0.4 is 5.73 Å². The third-order valence-corrected chi connectivity index (χ3v) is 1.90. The van der Waals surface area contributed by atoms with Gasteiger partial charge in [0, 0.05) is 12.5 Å². The van der Waals surface area contributed by atoms with Crippen LogP contribution in [0.1, 0.15) is 6.42 Å². The Kier molecular flexibility index (Phi) is 2.49. The molecule has 0 fully saturated rings. The van der Waals surface area contributed by atoms with Crippen LogP contribution in [0.5, 0.6) is 0 Å². The number of aliphatic carboxylic acids is 1. The summed E-state index contributed by atoms with van der Waals surface area (Å²) in [5, 5.41) is 8.39. The van der Waals surface area contributed by atoms with Gasteiger partial charge in [-0.1, -0.05) is 11.6 Å². The van der Waals surface area contributed by atoms with E-state index in [2.05, 4.69) is 0 Å². The second kappa shape index (κ2) is 3.25. The van der Waals surface area contributed by atoms with Crippen LogP contribution in [0.15, 0.2) is 22.5 Å². The third kappa shape index (κ3) is 1.65. The van der Waals surface area contributed by atoms with Crippen LogP contribution in [0.4, 0.5) is 4.39 Å². The Morgan fingerprint density at radius 3 is 2.92 bits per heavy atom. The van der Waals surface area contributed by atoms with Gasteiger partial charge < -0.3 is 10.8 Å². The van der Waals surface area contributed by atoms with Crippen LogP contribution in [0.3, 0.4) is 0 Å². The molecule has 1 aliphatic carbocycles. The highest BCUT2D eigenvalue weighted by molar-refractivity contribution is 6.32. The number of carboxylic acids is 1. The van der Waals surface area contributed by atoms with Gasteiger partial charge in [0.15, 0.2) is 0 Å². The summed E-state index contributed by atoms with van der Waals surface area (Å²) in [5.41, 5.74) is 5.30. The summed E-state index contributed by atoms with van der Waals surface area (Å²) in [6, 6.07) is -0.801. The second-order valence-corrected chi connectivity index (χ2v) is 2.88. The normalized spacial score (nSPS) is 23.9. The molecule has 12 heavy (non-hydrogen) atoms. The molecule has 0 heterocycles. The smallest absolute Gasteiger partial charge is 0.333 e. The van der Waals surface area contributed by atoms with E-state index < -0.39 is 17.8 Å². The van der Waals surface area contributed by atoms with Gasteiger partial charge in [0.1, 0.15) is 5.83 Å². The molecule has 1 atom stereocenters. The maximum Gasteiger partial charge on any atom is 0.333 e. The minimum Gasteiger partial charge on any atom is -0.478 e. The average molecular weight is 192 g/mol. The summed E-state index contributed by atoms with van der Waals surface area (Å²) in [5.74, 6) is -1.72. The molecule has 1 rings (SSSR count). The molecule has 0 saturated heterocycles. The molecule has 1 aliphatic rings. The van der Waals surface area contributed by atoms with E-state index in [9.17, 15) is 9.18 Å². The van der Waals surface area contributed by atoms with E-state index in [1.54, 1.807) is 0 Å². The predicted molar refractivity (Wildman–Crippen MR) is 42.3 cm³/mol. The van der Waals surface area contributed by atoms with Crippen molar-refractivity contribution in [3.8, 4) is 0 Å². The number of nitrogens with two attached hydrogens (primary N) is 1. The van der Waals surface area contributed by atoms with Gasteiger partial charge in [-0.2, -0.15) is 0 Å². The molecular weight excluding hydrogens is 185 g/mol. The third-order valence-electron chi connectivity index (χ3n) is 1.59. The Labute approximate surface area is 73.3 Å². The first-order chi connectivity index (χ1) is 5.52. The maximum absolute atomic E-state index is 12.7. The highest BCUT2D eigenvalue weighted by Gasteiger charge is 2.23. The number of carbonyl (C=O) groups is 1. The molecule has 1 unspecified atom stereocenters. The zero-order valence-corrected chi connectivity index (χ0v) is 6.81. The second-order valence-electron chi connectivity index (χ2n) is 2.47. The summed E-state index contributed by atoms with van der Waals surface area (Å²) in [6.45, 7) is 0. The van der Waals surface area contributed by atoms with Gasteiger partial charge in [0.2, 0.25) is 0 Å². The number of hydrogen-bond acceptors (Lipinski definition) is 2. The first kappa shape index (κ1) is 9.22. The van der Waals surface area contributed by atoms with Crippen LogP contribution in [-0.2, 0) is 4.79 Å². The Morgan fingerprint density at radius 2 is 2.42 bits per heavy atom. The fourth-order valence-electron chi connectivity index (χ4n) is 0.943. The van der Waals surface area contributed by atoms with E-state index in [-0.39, 0.29) is 17.0 Å². The van der Waals surface area contributed by atoms with Gasteiger partial charge in [-0.15, -0.1) is 0 Å². The van der Waals surface area contributed by atoms with Gasteiger partial charge >= 0.3 is 5.97 Å². The maximum atomic E-state index is 12.7. The van der Waals surface area contributed by atoms with Crippen molar-refractivity contribution in [3.05, 3.63) is 22.5 Å². The fraction of sp³-hybridized carbons (Fsp3) is 0.286. The summed E-state index contributed by atoms with van der Waals surface area (Å²) < 4.78 is 12.7. The minimum absolute atomic E-state index is 0.0543. The van der Waals surface area contributed by atoms with Crippen LogP contribution in [-0.4, -0.2) is 17.1 Å². The van der Waals surface area contributed by atoms with Gasteiger partial charge in [-0.3, -0.25) is 0 Å². The van der Waals surface area contributed by atoms with Gasteiger partial charge in [-0.05, 0) is 6.08 Å². The molecule has 3 N–H and O–H groups in total. The topological polar surface area (TPSA) is 63.3 Å². The lowest BCUT2D eigenvalue weighted by Crippen LogP contribution is -2.29. The molecule has 0 amide bonds. The van der Waals surface area contributed by atoms with Crippen LogP contribution in [0, 0.1) is 0 Å². The standard InChI is InChI=1S/C7H7ClFNO2/c8-4-1-3(7(11)12)6(10)2-5(4)9/h1,6H,2,10H2,(H,11,12). The first-order valence-corrected chi connectivity index (χ1v) is 3.64. The van der Waals surface area contributed by atoms with Crippen molar-refractivity contribution in [2.24, 2.45) is 5.73 Å². The molecular formula is C7H7ClFNO2. The Morgan fingerprint density at radius 1 is 1.83 bits per heavy atom. The lowest BCUT2D eigenvalue weighted by atomic mass is 9.99. The SMILES string of the molecule is NC1CC(F)=C(Cl)C=C1C(=O)O. The van der Waals surface area contributed by atoms with E-state index in [0.29, 0.717) is 0 Å². The molecule has 0 aromatic rings. The fourth-order valence-corrected chi connectivity index (χ4v) is 1.14. The van der Waals surface area contributed by atoms with Crippen molar-refractivity contribution < 1.29 is 14.3 Å². The zero-order valence-electron chi connectivity index (χ0n) is 6.05. The lowest BCUT2D eigenvalue weighted by molar-refractivity contribution is -0.132. The number of halogens is 2. The summed E-state index contributed by atoms with van der Waals surface area (Å²) in [7, 11) is 0. The van der Waals surface area contributed by atoms with Crippen molar-refractivity contribution in [1.29, 1.82) is 0 Å². The summed E-state index contributed by atoms with van der Waals surface area (Å²) in [6.07, 6.45) is 0.907. The highest BCUT2D eigenvalue weighted by atomic mass is 35.5. The number of allylic oxidation sites excluding steroid dienone is 2. The average Bonchev–Trinajstić information content (AvgIpc) is 1.96. The largest absolute Gasteiger partial charge is 0.478 e.